The molecule has 0 amide bonds. The van der Waals surface area contributed by atoms with Gasteiger partial charge in [-0.15, -0.1) is 0 Å². The van der Waals surface area contributed by atoms with E-state index in [1.54, 1.807) is 0 Å². The molecule has 0 aromatic heterocycles. The third-order valence-corrected chi connectivity index (χ3v) is 6.20. The monoisotopic (exact) mass is 419 g/mol. The molecule has 0 unspecified atom stereocenters. The molecule has 118 valence electrons. The topological polar surface area (TPSA) is 3.24 Å². The predicted octanol–water partition coefficient (Wildman–Crippen LogP) is 3.50. The van der Waals surface area contributed by atoms with Crippen molar-refractivity contribution in [1.29, 1.82) is 0 Å². The standard InChI is InChI=1S/C16H20NSi.3CH3.Sn/c1-3-17(4-2)18(15-11-7-5-8-12-15)16-13-9-6-10-14-16;;;;/h5-14H,3-4H2,1-2H3;3*1H3;. The Morgan fingerprint density at radius 1 is 0.727 bits per heavy atom. The van der Waals surface area contributed by atoms with Crippen molar-refractivity contribution in [2.75, 3.05) is 13.1 Å². The predicted molar refractivity (Wildman–Crippen MR) is 104 cm³/mol. The van der Waals surface area contributed by atoms with Gasteiger partial charge in [0.25, 0.3) is 0 Å². The van der Waals surface area contributed by atoms with Gasteiger partial charge in [0.2, 0.25) is 8.96 Å². The zero-order chi connectivity index (χ0) is 16.4. The van der Waals surface area contributed by atoms with Gasteiger partial charge < -0.3 is 4.57 Å². The molecule has 0 heterocycles. The van der Waals surface area contributed by atoms with Crippen molar-refractivity contribution in [2.24, 2.45) is 0 Å². The van der Waals surface area contributed by atoms with Crippen molar-refractivity contribution in [3.05, 3.63) is 60.7 Å². The van der Waals surface area contributed by atoms with E-state index >= 15 is 0 Å². The molecule has 0 aliphatic heterocycles. The SMILES string of the molecule is CCN(CC)[Si](c1ccccc1)c1ccccc1.[CH3][Sn]([CH3])[CH3]. The van der Waals surface area contributed by atoms with Gasteiger partial charge in [-0.05, 0) is 23.5 Å². The van der Waals surface area contributed by atoms with E-state index in [1.807, 2.05) is 0 Å². The fraction of sp³-hybridized carbons (Fsp3) is 0.368. The number of nitrogens with zero attached hydrogens (tertiary/aromatic N) is 1. The van der Waals surface area contributed by atoms with Crippen LogP contribution in [0.1, 0.15) is 13.8 Å². The number of benzene rings is 2. The Morgan fingerprint density at radius 2 is 1.05 bits per heavy atom. The Hall–Kier alpha value is -0.584. The molecule has 0 bridgehead atoms. The van der Waals surface area contributed by atoms with Gasteiger partial charge in [0.1, 0.15) is 0 Å². The van der Waals surface area contributed by atoms with Crippen molar-refractivity contribution in [3.63, 3.8) is 0 Å². The van der Waals surface area contributed by atoms with Crippen LogP contribution in [0.15, 0.2) is 60.7 Å². The molecule has 0 saturated heterocycles. The molecule has 2 rings (SSSR count). The van der Waals surface area contributed by atoms with Crippen LogP contribution < -0.4 is 10.4 Å². The van der Waals surface area contributed by atoms with Gasteiger partial charge >= 0.3 is 34.6 Å². The first-order valence-electron chi connectivity index (χ1n) is 8.09. The second-order valence-corrected chi connectivity index (χ2v) is 16.8. The minimum absolute atomic E-state index is 0.543. The summed E-state index contributed by atoms with van der Waals surface area (Å²) in [6.07, 6.45) is 0. The first kappa shape index (κ1) is 19.5. The van der Waals surface area contributed by atoms with Gasteiger partial charge in [0.05, 0.1) is 0 Å². The summed E-state index contributed by atoms with van der Waals surface area (Å²) in [5.74, 6) is 0. The molecule has 3 heteroatoms. The third-order valence-electron chi connectivity index (χ3n) is 3.17. The second-order valence-electron chi connectivity index (χ2n) is 5.75. The molecule has 0 N–H and O–H groups in total. The summed E-state index contributed by atoms with van der Waals surface area (Å²) in [4.78, 5) is 7.09. The molecule has 22 heavy (non-hydrogen) atoms. The normalized spacial score (nSPS) is 10.7. The van der Waals surface area contributed by atoms with Gasteiger partial charge in [-0.2, -0.15) is 0 Å². The van der Waals surface area contributed by atoms with E-state index < -0.39 is 28.7 Å². The van der Waals surface area contributed by atoms with Crippen LogP contribution in [0, 0.1) is 0 Å². The van der Waals surface area contributed by atoms with Crippen LogP contribution in [0.4, 0.5) is 0 Å². The van der Waals surface area contributed by atoms with Crippen LogP contribution in [-0.4, -0.2) is 46.4 Å². The molecule has 1 nitrogen and oxygen atoms in total. The molecule has 2 aromatic rings. The van der Waals surface area contributed by atoms with E-state index in [9.17, 15) is 0 Å². The van der Waals surface area contributed by atoms with E-state index in [-0.39, 0.29) is 0 Å². The van der Waals surface area contributed by atoms with E-state index in [2.05, 4.69) is 93.9 Å². The molecule has 0 aliphatic carbocycles. The Bertz CT molecular complexity index is 455. The van der Waals surface area contributed by atoms with Gasteiger partial charge in [0.15, 0.2) is 0 Å². The van der Waals surface area contributed by atoms with Crippen molar-refractivity contribution in [3.8, 4) is 0 Å². The number of hydrogen-bond acceptors (Lipinski definition) is 1. The summed E-state index contributed by atoms with van der Waals surface area (Å²) in [7, 11) is -0.807. The molecule has 0 spiro atoms. The maximum absolute atomic E-state index is 2.59. The van der Waals surface area contributed by atoms with E-state index in [0.717, 1.165) is 13.1 Å². The summed E-state index contributed by atoms with van der Waals surface area (Å²) >= 11 is -0.543. The van der Waals surface area contributed by atoms with E-state index in [4.69, 9.17) is 0 Å². The summed E-state index contributed by atoms with van der Waals surface area (Å²) in [6, 6.07) is 21.8. The summed E-state index contributed by atoms with van der Waals surface area (Å²) < 4.78 is 2.59. The number of rotatable bonds is 5. The van der Waals surface area contributed by atoms with Crippen molar-refractivity contribution < 1.29 is 0 Å². The Balaban J connectivity index is 0.000000541. The zero-order valence-electron chi connectivity index (χ0n) is 14.6. The molecule has 0 fully saturated rings. The van der Waals surface area contributed by atoms with Gasteiger partial charge in [-0.1, -0.05) is 74.5 Å². The van der Waals surface area contributed by atoms with Crippen LogP contribution >= 0.6 is 0 Å². The van der Waals surface area contributed by atoms with Gasteiger partial charge in [-0.3, -0.25) is 0 Å². The quantitative estimate of drug-likeness (QED) is 0.672. The van der Waals surface area contributed by atoms with Gasteiger partial charge in [0, 0.05) is 0 Å². The van der Waals surface area contributed by atoms with E-state index in [0.29, 0.717) is 0 Å². The Labute approximate surface area is 145 Å². The average Bonchev–Trinajstić information content (AvgIpc) is 2.53. The van der Waals surface area contributed by atoms with Crippen LogP contribution in [0.3, 0.4) is 0 Å². The minimum atomic E-state index is -0.807. The van der Waals surface area contributed by atoms with Crippen molar-refractivity contribution in [2.45, 2.75) is 28.7 Å². The molecule has 2 aromatic carbocycles. The first-order valence-corrected chi connectivity index (χ1v) is 18.1. The summed E-state index contributed by atoms with van der Waals surface area (Å²) in [5.41, 5.74) is 0. The average molecular weight is 418 g/mol. The zero-order valence-corrected chi connectivity index (χ0v) is 18.5. The second kappa shape index (κ2) is 11.0. The maximum atomic E-state index is 2.59. The Morgan fingerprint density at radius 3 is 1.32 bits per heavy atom. The molecular formula is C19H29NSiSn. The van der Waals surface area contributed by atoms with Crippen LogP contribution in [-0.2, 0) is 0 Å². The number of hydrogen-bond donors (Lipinski definition) is 0. The first-order chi connectivity index (χ1) is 10.6. The fourth-order valence-corrected chi connectivity index (χ4v) is 4.98. The van der Waals surface area contributed by atoms with Crippen LogP contribution in [0.5, 0.6) is 0 Å². The van der Waals surface area contributed by atoms with E-state index in [1.165, 1.54) is 10.4 Å². The molecule has 0 aliphatic rings. The third kappa shape index (κ3) is 6.67. The molecular weight excluding hydrogens is 389 g/mol. The summed E-state index contributed by atoms with van der Waals surface area (Å²) in [6.45, 7) is 6.71. The summed E-state index contributed by atoms with van der Waals surface area (Å²) in [5, 5.41) is 2.94. The van der Waals surface area contributed by atoms with Crippen molar-refractivity contribution in [1.82, 2.24) is 4.57 Å². The van der Waals surface area contributed by atoms with Crippen LogP contribution in [0.2, 0.25) is 14.8 Å². The van der Waals surface area contributed by atoms with Crippen molar-refractivity contribution >= 4 is 39.1 Å². The van der Waals surface area contributed by atoms with Crippen LogP contribution in [0.25, 0.3) is 0 Å². The molecule has 0 atom stereocenters. The fourth-order valence-electron chi connectivity index (χ4n) is 2.26. The Kier molecular flexibility index (Phi) is 9.76. The molecule has 2 radical (unpaired) electrons. The molecule has 0 saturated carbocycles. The van der Waals surface area contributed by atoms with Gasteiger partial charge in [-0.25, -0.2) is 0 Å².